The van der Waals surface area contributed by atoms with Crippen molar-refractivity contribution in [2.24, 2.45) is 0 Å². The quantitative estimate of drug-likeness (QED) is 0.834. The third kappa shape index (κ3) is 2.04. The Labute approximate surface area is 101 Å². The molecule has 0 amide bonds. The van der Waals surface area contributed by atoms with Crippen molar-refractivity contribution < 1.29 is 22.7 Å². The van der Waals surface area contributed by atoms with Crippen LogP contribution in [0.15, 0.2) is 18.2 Å². The highest BCUT2D eigenvalue weighted by Crippen LogP contribution is 2.42. The Hall–Kier alpha value is -2.03. The number of carbonyl (C=O) groups excluding carboxylic acids is 1. The van der Waals surface area contributed by atoms with E-state index in [0.29, 0.717) is 0 Å². The Bertz CT molecular complexity index is 529. The molecule has 2 rings (SSSR count). The molecule has 0 unspecified atom stereocenters. The first-order valence-corrected chi connectivity index (χ1v) is 5.15. The van der Waals surface area contributed by atoms with Gasteiger partial charge in [-0.15, -0.1) is 0 Å². The Morgan fingerprint density at radius 2 is 2.06 bits per heavy atom. The van der Waals surface area contributed by atoms with Gasteiger partial charge in [-0.1, -0.05) is 6.07 Å². The number of ketones is 1. The van der Waals surface area contributed by atoms with Crippen LogP contribution in [0.3, 0.4) is 0 Å². The molecule has 6 heteroatoms. The summed E-state index contributed by atoms with van der Waals surface area (Å²) < 4.78 is 41.7. The van der Waals surface area contributed by atoms with Crippen LogP contribution >= 0.6 is 0 Å². The van der Waals surface area contributed by atoms with Crippen LogP contribution in [0.4, 0.5) is 13.2 Å². The molecule has 1 fully saturated rings. The minimum absolute atomic E-state index is 0.0462. The van der Waals surface area contributed by atoms with E-state index in [4.69, 9.17) is 5.26 Å². The maximum absolute atomic E-state index is 13.7. The van der Waals surface area contributed by atoms with Gasteiger partial charge < -0.3 is 4.74 Å². The summed E-state index contributed by atoms with van der Waals surface area (Å²) in [5.74, 6) is -1.25. The zero-order valence-electron chi connectivity index (χ0n) is 9.12. The molecular weight excluding hydrogens is 247 g/mol. The molecular formula is C12H8F3NO2. The number of ether oxygens (including phenoxy) is 1. The normalized spacial score (nSPS) is 17.2. The van der Waals surface area contributed by atoms with Crippen molar-refractivity contribution in [3.05, 3.63) is 29.6 Å². The summed E-state index contributed by atoms with van der Waals surface area (Å²) in [4.78, 5) is 11.0. The van der Waals surface area contributed by atoms with Gasteiger partial charge in [0.05, 0.1) is 11.5 Å². The highest BCUT2D eigenvalue weighted by molar-refractivity contribution is 5.90. The van der Waals surface area contributed by atoms with E-state index in [1.165, 1.54) is 6.07 Å². The highest BCUT2D eigenvalue weighted by Gasteiger charge is 2.47. The summed E-state index contributed by atoms with van der Waals surface area (Å²) in [5, 5.41) is 9.03. The number of hydrogen-bond donors (Lipinski definition) is 0. The maximum Gasteiger partial charge on any atom is 0.387 e. The number of rotatable bonds is 3. The van der Waals surface area contributed by atoms with Crippen LogP contribution in [0.5, 0.6) is 5.75 Å². The van der Waals surface area contributed by atoms with Crippen molar-refractivity contribution in [3.8, 4) is 11.8 Å². The average Bonchev–Trinajstić information content (AvgIpc) is 2.24. The zero-order chi connectivity index (χ0) is 13.3. The van der Waals surface area contributed by atoms with Crippen LogP contribution in [-0.4, -0.2) is 12.4 Å². The molecule has 3 nitrogen and oxygen atoms in total. The van der Waals surface area contributed by atoms with E-state index in [1.807, 2.05) is 6.07 Å². The predicted octanol–water partition coefficient (Wildman–Crippen LogP) is 2.55. The number of benzene rings is 1. The molecule has 0 N–H and O–H groups in total. The molecule has 0 saturated heterocycles. The molecule has 0 atom stereocenters. The molecule has 1 aliphatic carbocycles. The van der Waals surface area contributed by atoms with Gasteiger partial charge in [-0.05, 0) is 6.07 Å². The molecule has 0 radical (unpaired) electrons. The van der Waals surface area contributed by atoms with Gasteiger partial charge in [0.1, 0.15) is 17.3 Å². The molecule has 1 aromatic rings. The number of alkyl halides is 2. The van der Waals surface area contributed by atoms with Gasteiger partial charge in [0.2, 0.25) is 0 Å². The van der Waals surface area contributed by atoms with Gasteiger partial charge in [0.25, 0.3) is 0 Å². The van der Waals surface area contributed by atoms with Crippen LogP contribution in [0, 0.1) is 17.1 Å². The lowest BCUT2D eigenvalue weighted by Crippen LogP contribution is -2.41. The summed E-state index contributed by atoms with van der Waals surface area (Å²) >= 11 is 0. The third-order valence-corrected chi connectivity index (χ3v) is 2.89. The lowest BCUT2D eigenvalue weighted by molar-refractivity contribution is -0.126. The standard InChI is InChI=1S/C12H8F3NO2/c13-10-3-8(18-11(14)15)1-2-9(10)12(6-16)4-7(17)5-12/h1-3,11H,4-5H2. The van der Waals surface area contributed by atoms with Gasteiger partial charge >= 0.3 is 6.61 Å². The van der Waals surface area contributed by atoms with Gasteiger partial charge in [-0.2, -0.15) is 14.0 Å². The van der Waals surface area contributed by atoms with E-state index in [1.54, 1.807) is 0 Å². The lowest BCUT2D eigenvalue weighted by Gasteiger charge is -2.34. The van der Waals surface area contributed by atoms with E-state index < -0.39 is 17.8 Å². The Morgan fingerprint density at radius 3 is 2.50 bits per heavy atom. The second-order valence-corrected chi connectivity index (χ2v) is 4.11. The van der Waals surface area contributed by atoms with Gasteiger partial charge in [-0.3, -0.25) is 4.79 Å². The highest BCUT2D eigenvalue weighted by atomic mass is 19.3. The minimum atomic E-state index is -3.04. The molecule has 1 aliphatic rings. The molecule has 0 bridgehead atoms. The third-order valence-electron chi connectivity index (χ3n) is 2.89. The van der Waals surface area contributed by atoms with Crippen LogP contribution in [0.25, 0.3) is 0 Å². The second-order valence-electron chi connectivity index (χ2n) is 4.11. The van der Waals surface area contributed by atoms with Crippen molar-refractivity contribution in [2.75, 3.05) is 0 Å². The van der Waals surface area contributed by atoms with Crippen LogP contribution in [0.1, 0.15) is 18.4 Å². The van der Waals surface area contributed by atoms with Crippen molar-refractivity contribution in [3.63, 3.8) is 0 Å². The van der Waals surface area contributed by atoms with E-state index in [2.05, 4.69) is 4.74 Å². The van der Waals surface area contributed by atoms with Gasteiger partial charge in [0, 0.05) is 24.5 Å². The summed E-state index contributed by atoms with van der Waals surface area (Å²) in [5.41, 5.74) is -1.11. The Balaban J connectivity index is 2.31. The number of Topliss-reactive ketones (excluding diaryl/α,β-unsaturated/α-hetero) is 1. The molecule has 0 aliphatic heterocycles. The first kappa shape index (κ1) is 12.4. The predicted molar refractivity (Wildman–Crippen MR) is 54.6 cm³/mol. The van der Waals surface area contributed by atoms with E-state index in [-0.39, 0.29) is 29.9 Å². The van der Waals surface area contributed by atoms with Crippen LogP contribution in [0.2, 0.25) is 0 Å². The summed E-state index contributed by atoms with van der Waals surface area (Å²) in [7, 11) is 0. The van der Waals surface area contributed by atoms with Crippen molar-refractivity contribution in [1.82, 2.24) is 0 Å². The largest absolute Gasteiger partial charge is 0.435 e. The molecule has 18 heavy (non-hydrogen) atoms. The summed E-state index contributed by atoms with van der Waals surface area (Å²) in [6, 6.07) is 5.08. The fourth-order valence-electron chi connectivity index (χ4n) is 2.01. The fraction of sp³-hybridized carbons (Fsp3) is 0.333. The van der Waals surface area contributed by atoms with Crippen molar-refractivity contribution >= 4 is 5.78 Å². The Kier molecular flexibility index (Phi) is 2.99. The minimum Gasteiger partial charge on any atom is -0.435 e. The van der Waals surface area contributed by atoms with Gasteiger partial charge in [-0.25, -0.2) is 4.39 Å². The molecule has 0 spiro atoms. The smallest absolute Gasteiger partial charge is 0.387 e. The van der Waals surface area contributed by atoms with Crippen LogP contribution < -0.4 is 4.74 Å². The topological polar surface area (TPSA) is 50.1 Å². The lowest BCUT2D eigenvalue weighted by atomic mass is 9.64. The first-order valence-electron chi connectivity index (χ1n) is 5.15. The molecule has 0 aromatic heterocycles. The van der Waals surface area contributed by atoms with Crippen molar-refractivity contribution in [2.45, 2.75) is 24.9 Å². The number of halogens is 3. The van der Waals surface area contributed by atoms with Crippen LogP contribution in [-0.2, 0) is 10.2 Å². The molecule has 94 valence electrons. The number of nitrogens with zero attached hydrogens (tertiary/aromatic N) is 1. The van der Waals surface area contributed by atoms with E-state index >= 15 is 0 Å². The molecule has 1 aromatic carbocycles. The van der Waals surface area contributed by atoms with E-state index in [0.717, 1.165) is 12.1 Å². The molecule has 0 heterocycles. The fourth-order valence-corrected chi connectivity index (χ4v) is 2.01. The maximum atomic E-state index is 13.7. The summed E-state index contributed by atoms with van der Waals surface area (Å²) in [6.45, 7) is -3.04. The Morgan fingerprint density at radius 1 is 1.39 bits per heavy atom. The second kappa shape index (κ2) is 4.33. The van der Waals surface area contributed by atoms with Gasteiger partial charge in [0.15, 0.2) is 0 Å². The number of nitriles is 1. The number of hydrogen-bond acceptors (Lipinski definition) is 3. The van der Waals surface area contributed by atoms with Crippen molar-refractivity contribution in [1.29, 1.82) is 5.26 Å². The monoisotopic (exact) mass is 255 g/mol. The zero-order valence-corrected chi connectivity index (χ0v) is 9.12. The SMILES string of the molecule is N#CC1(c2ccc(OC(F)F)cc2F)CC(=O)C1. The van der Waals surface area contributed by atoms with E-state index in [9.17, 15) is 18.0 Å². The first-order chi connectivity index (χ1) is 8.47. The number of carbonyl (C=O) groups is 1. The molecule has 1 saturated carbocycles. The average molecular weight is 255 g/mol. The summed E-state index contributed by atoms with van der Waals surface area (Å²) in [6.07, 6.45) is -0.0923.